The summed E-state index contributed by atoms with van der Waals surface area (Å²) >= 11 is 0. The summed E-state index contributed by atoms with van der Waals surface area (Å²) < 4.78 is 39.8. The SMILES string of the molecule is FC(F)(F)c1nnc2ccc(N(Cc3cccnc3)C3CC3)nn12. The maximum atomic E-state index is 13.0. The predicted molar refractivity (Wildman–Crippen MR) is 79.2 cm³/mol. The molecule has 0 aromatic carbocycles. The van der Waals surface area contributed by atoms with Crippen molar-refractivity contribution in [3.8, 4) is 0 Å². The number of rotatable bonds is 4. The number of aromatic nitrogens is 5. The van der Waals surface area contributed by atoms with Gasteiger partial charge in [-0.05, 0) is 36.6 Å². The maximum Gasteiger partial charge on any atom is 0.453 e. The number of hydrogen-bond donors (Lipinski definition) is 0. The Hall–Kier alpha value is -2.71. The van der Waals surface area contributed by atoms with E-state index in [9.17, 15) is 13.2 Å². The summed E-state index contributed by atoms with van der Waals surface area (Å²) in [7, 11) is 0. The molecule has 124 valence electrons. The van der Waals surface area contributed by atoms with Crippen molar-refractivity contribution in [2.75, 3.05) is 4.90 Å². The van der Waals surface area contributed by atoms with Crippen LogP contribution in [0.25, 0.3) is 5.65 Å². The van der Waals surface area contributed by atoms with Gasteiger partial charge in [-0.15, -0.1) is 15.3 Å². The summed E-state index contributed by atoms with van der Waals surface area (Å²) in [6, 6.07) is 7.22. The van der Waals surface area contributed by atoms with Gasteiger partial charge in [0.15, 0.2) is 5.65 Å². The fraction of sp³-hybridized carbons (Fsp3) is 0.333. The summed E-state index contributed by atoms with van der Waals surface area (Å²) in [6.07, 6.45) is 0.817. The number of hydrogen-bond acceptors (Lipinski definition) is 5. The summed E-state index contributed by atoms with van der Waals surface area (Å²) in [5.41, 5.74) is 1.05. The minimum Gasteiger partial charge on any atom is -0.348 e. The van der Waals surface area contributed by atoms with Gasteiger partial charge in [-0.3, -0.25) is 4.98 Å². The normalized spacial score (nSPS) is 15.0. The number of halogens is 3. The zero-order valence-corrected chi connectivity index (χ0v) is 12.5. The van der Waals surface area contributed by atoms with Crippen molar-refractivity contribution in [3.63, 3.8) is 0 Å². The zero-order valence-electron chi connectivity index (χ0n) is 12.5. The fourth-order valence-corrected chi connectivity index (χ4v) is 2.58. The second-order valence-corrected chi connectivity index (χ2v) is 5.70. The third kappa shape index (κ3) is 2.77. The highest BCUT2D eigenvalue weighted by Crippen LogP contribution is 2.33. The first-order chi connectivity index (χ1) is 11.5. The summed E-state index contributed by atoms with van der Waals surface area (Å²) in [4.78, 5) is 6.07. The number of fused-ring (bicyclic) bond motifs is 1. The minimum atomic E-state index is -4.60. The van der Waals surface area contributed by atoms with E-state index in [1.165, 1.54) is 6.07 Å². The van der Waals surface area contributed by atoms with Gasteiger partial charge in [0.1, 0.15) is 5.82 Å². The molecule has 0 aliphatic heterocycles. The lowest BCUT2D eigenvalue weighted by molar-refractivity contribution is -0.146. The van der Waals surface area contributed by atoms with Crippen LogP contribution < -0.4 is 4.90 Å². The first kappa shape index (κ1) is 14.9. The second-order valence-electron chi connectivity index (χ2n) is 5.70. The van der Waals surface area contributed by atoms with Gasteiger partial charge in [-0.2, -0.15) is 17.7 Å². The van der Waals surface area contributed by atoms with Gasteiger partial charge in [-0.25, -0.2) is 0 Å². The van der Waals surface area contributed by atoms with E-state index >= 15 is 0 Å². The lowest BCUT2D eigenvalue weighted by atomic mass is 10.2. The topological polar surface area (TPSA) is 59.2 Å². The Morgan fingerprint density at radius 1 is 1.17 bits per heavy atom. The average Bonchev–Trinajstić information content (AvgIpc) is 3.30. The van der Waals surface area contributed by atoms with E-state index in [1.807, 2.05) is 17.0 Å². The van der Waals surface area contributed by atoms with Crippen molar-refractivity contribution in [1.82, 2.24) is 24.8 Å². The quantitative estimate of drug-likeness (QED) is 0.734. The molecule has 3 aromatic heterocycles. The molecule has 0 radical (unpaired) electrons. The summed E-state index contributed by atoms with van der Waals surface area (Å²) in [5, 5.41) is 10.9. The van der Waals surface area contributed by atoms with E-state index < -0.39 is 12.0 Å². The Balaban J connectivity index is 1.73. The first-order valence-corrected chi connectivity index (χ1v) is 7.47. The predicted octanol–water partition coefficient (Wildman–Crippen LogP) is 2.71. The van der Waals surface area contributed by atoms with E-state index in [1.54, 1.807) is 18.5 Å². The molecule has 0 bridgehead atoms. The minimum absolute atomic E-state index is 0.0724. The van der Waals surface area contributed by atoms with E-state index in [0.717, 1.165) is 22.9 Å². The van der Waals surface area contributed by atoms with Gasteiger partial charge < -0.3 is 4.90 Å². The van der Waals surface area contributed by atoms with Gasteiger partial charge in [-0.1, -0.05) is 6.07 Å². The van der Waals surface area contributed by atoms with Crippen LogP contribution in [-0.4, -0.2) is 30.8 Å². The smallest absolute Gasteiger partial charge is 0.348 e. The Bertz CT molecular complexity index is 857. The molecule has 0 spiro atoms. The third-order valence-corrected chi connectivity index (χ3v) is 3.86. The van der Waals surface area contributed by atoms with Crippen LogP contribution in [0, 0.1) is 0 Å². The molecule has 3 aromatic rings. The summed E-state index contributed by atoms with van der Waals surface area (Å²) in [5.74, 6) is -0.643. The van der Waals surface area contributed by atoms with Crippen LogP contribution in [0.4, 0.5) is 19.0 Å². The molecule has 1 saturated carbocycles. The Kier molecular flexibility index (Phi) is 3.36. The van der Waals surface area contributed by atoms with Crippen molar-refractivity contribution in [3.05, 3.63) is 48.0 Å². The van der Waals surface area contributed by atoms with Gasteiger partial charge in [0.25, 0.3) is 5.82 Å². The lowest BCUT2D eigenvalue weighted by Gasteiger charge is -2.23. The zero-order chi connectivity index (χ0) is 16.7. The highest BCUT2D eigenvalue weighted by atomic mass is 19.4. The Morgan fingerprint density at radius 3 is 2.67 bits per heavy atom. The number of nitrogens with zero attached hydrogens (tertiary/aromatic N) is 6. The standard InChI is InChI=1S/C15H13F3N6/c16-15(17,18)14-21-20-12-5-6-13(22-24(12)14)23(11-3-4-11)9-10-2-1-7-19-8-10/h1-2,5-8,11H,3-4,9H2. The van der Waals surface area contributed by atoms with Crippen LogP contribution in [0.15, 0.2) is 36.7 Å². The highest BCUT2D eigenvalue weighted by Gasteiger charge is 2.38. The Labute approximate surface area is 134 Å². The van der Waals surface area contributed by atoms with Crippen molar-refractivity contribution < 1.29 is 13.2 Å². The fourth-order valence-electron chi connectivity index (χ4n) is 2.58. The second kappa shape index (κ2) is 5.43. The first-order valence-electron chi connectivity index (χ1n) is 7.47. The van der Waals surface area contributed by atoms with Gasteiger partial charge in [0.2, 0.25) is 0 Å². The van der Waals surface area contributed by atoms with Crippen LogP contribution in [0.5, 0.6) is 0 Å². The van der Waals surface area contributed by atoms with Crippen LogP contribution in [-0.2, 0) is 12.7 Å². The molecule has 1 aliphatic carbocycles. The van der Waals surface area contributed by atoms with Crippen molar-refractivity contribution in [2.24, 2.45) is 0 Å². The molecule has 6 nitrogen and oxygen atoms in total. The number of alkyl halides is 3. The van der Waals surface area contributed by atoms with Crippen LogP contribution in [0.3, 0.4) is 0 Å². The van der Waals surface area contributed by atoms with Crippen LogP contribution in [0.1, 0.15) is 24.2 Å². The monoisotopic (exact) mass is 334 g/mol. The molecule has 9 heteroatoms. The van der Waals surface area contributed by atoms with Gasteiger partial charge in [0, 0.05) is 25.0 Å². The number of anilines is 1. The molecule has 0 N–H and O–H groups in total. The molecule has 4 rings (SSSR count). The van der Waals surface area contributed by atoms with E-state index in [2.05, 4.69) is 20.3 Å². The molecule has 0 saturated heterocycles. The molecule has 0 amide bonds. The summed E-state index contributed by atoms with van der Waals surface area (Å²) in [6.45, 7) is 0.542. The van der Waals surface area contributed by atoms with Crippen LogP contribution >= 0.6 is 0 Å². The molecule has 3 heterocycles. The third-order valence-electron chi connectivity index (χ3n) is 3.86. The molecule has 24 heavy (non-hydrogen) atoms. The molecule has 0 atom stereocenters. The van der Waals surface area contributed by atoms with Gasteiger partial charge >= 0.3 is 6.18 Å². The molecule has 1 aliphatic rings. The average molecular weight is 334 g/mol. The molecule has 1 fully saturated rings. The van der Waals surface area contributed by atoms with Gasteiger partial charge in [0.05, 0.1) is 0 Å². The Morgan fingerprint density at radius 2 is 2.00 bits per heavy atom. The number of pyridine rings is 1. The lowest BCUT2D eigenvalue weighted by Crippen LogP contribution is -2.27. The van der Waals surface area contributed by atoms with Crippen molar-refractivity contribution in [2.45, 2.75) is 31.6 Å². The maximum absolute atomic E-state index is 13.0. The van der Waals surface area contributed by atoms with Crippen molar-refractivity contribution in [1.29, 1.82) is 0 Å². The molecular formula is C15H13F3N6. The van der Waals surface area contributed by atoms with Crippen molar-refractivity contribution >= 4 is 11.5 Å². The molecule has 0 unspecified atom stereocenters. The van der Waals surface area contributed by atoms with E-state index in [-0.39, 0.29) is 11.7 Å². The highest BCUT2D eigenvalue weighted by molar-refractivity contribution is 5.48. The van der Waals surface area contributed by atoms with E-state index in [4.69, 9.17) is 0 Å². The molecular weight excluding hydrogens is 321 g/mol. The van der Waals surface area contributed by atoms with E-state index in [0.29, 0.717) is 12.4 Å². The largest absolute Gasteiger partial charge is 0.453 e. The van der Waals surface area contributed by atoms with Crippen LogP contribution in [0.2, 0.25) is 0 Å².